The minimum absolute atomic E-state index is 0.0517. The number of hydrogen-bond donors (Lipinski definition) is 2. The summed E-state index contributed by atoms with van der Waals surface area (Å²) in [4.78, 5) is 42.3. The largest absolute Gasteiger partial charge is 0.439 e. The molecule has 0 radical (unpaired) electrons. The predicted octanol–water partition coefficient (Wildman–Crippen LogP) is 4.55. The highest BCUT2D eigenvalue weighted by Gasteiger charge is 2.48. The number of fused-ring (bicyclic) bond motifs is 1. The number of carbonyl (C=O) groups excluding carboxylic acids is 1. The molecule has 5 heterocycles. The van der Waals surface area contributed by atoms with Gasteiger partial charge in [-0.3, -0.25) is 28.3 Å². The van der Waals surface area contributed by atoms with Crippen molar-refractivity contribution in [2.75, 3.05) is 20.1 Å². The van der Waals surface area contributed by atoms with E-state index in [-0.39, 0.29) is 17.8 Å². The molecule has 1 saturated heterocycles. The molecular formula is C29H36ClN8O3+. The number of nitrogens with zero attached hydrogens (tertiary/aromatic N) is 6. The van der Waals surface area contributed by atoms with Crippen LogP contribution < -0.4 is 15.6 Å². The Hall–Kier alpha value is -3.57. The van der Waals surface area contributed by atoms with Crippen molar-refractivity contribution in [2.24, 2.45) is 11.8 Å². The topological polar surface area (TPSA) is 132 Å². The number of likely N-dealkylation sites (tertiary alicyclic amines) is 1. The van der Waals surface area contributed by atoms with Gasteiger partial charge in [-0.05, 0) is 43.7 Å². The SMILES string of the molecule is CCNC(=O)[C@H]1CCC[N+]1(C)c1nc2cc(-c3noc(=O)[nH]3)nc(-c3cncc(Cl)c3)c2n1C[C@H]1CC[C@H](C)CC1. The highest BCUT2D eigenvalue weighted by Crippen LogP contribution is 2.40. The number of pyridine rings is 2. The lowest BCUT2D eigenvalue weighted by Crippen LogP contribution is -2.57. The first-order valence-corrected chi connectivity index (χ1v) is 14.9. The van der Waals surface area contributed by atoms with Crippen LogP contribution in [-0.4, -0.2) is 61.7 Å². The zero-order valence-corrected chi connectivity index (χ0v) is 24.4. The van der Waals surface area contributed by atoms with E-state index in [2.05, 4.69) is 39.0 Å². The molecule has 6 rings (SSSR count). The van der Waals surface area contributed by atoms with Crippen LogP contribution in [0.25, 0.3) is 33.8 Å². The lowest BCUT2D eigenvalue weighted by atomic mass is 9.83. The lowest BCUT2D eigenvalue weighted by molar-refractivity contribution is -0.124. The number of nitrogens with one attached hydrogen (secondary N) is 2. The smallest absolute Gasteiger partial charge is 0.351 e. The molecular weight excluding hydrogens is 544 g/mol. The number of amides is 1. The molecule has 2 atom stereocenters. The van der Waals surface area contributed by atoms with E-state index < -0.39 is 5.76 Å². The fraction of sp³-hybridized carbons (Fsp3) is 0.517. The van der Waals surface area contributed by atoms with Gasteiger partial charge in [0.05, 0.1) is 35.3 Å². The van der Waals surface area contributed by atoms with Crippen LogP contribution >= 0.6 is 11.6 Å². The van der Waals surface area contributed by atoms with Crippen LogP contribution in [-0.2, 0) is 11.3 Å². The van der Waals surface area contributed by atoms with Gasteiger partial charge in [0, 0.05) is 43.9 Å². The Morgan fingerprint density at radius 2 is 2.00 bits per heavy atom. The van der Waals surface area contributed by atoms with E-state index in [1.54, 1.807) is 12.4 Å². The van der Waals surface area contributed by atoms with Crippen molar-refractivity contribution in [3.8, 4) is 22.8 Å². The van der Waals surface area contributed by atoms with Crippen molar-refractivity contribution in [3.05, 3.63) is 40.1 Å². The van der Waals surface area contributed by atoms with Gasteiger partial charge in [0.15, 0.2) is 6.04 Å². The molecule has 2 fully saturated rings. The molecule has 4 aromatic heterocycles. The quantitative estimate of drug-likeness (QED) is 0.307. The summed E-state index contributed by atoms with van der Waals surface area (Å²) in [5, 5.41) is 7.42. The molecule has 12 heteroatoms. The monoisotopic (exact) mass is 579 g/mol. The van der Waals surface area contributed by atoms with Crippen molar-refractivity contribution in [1.82, 2.24) is 39.5 Å². The van der Waals surface area contributed by atoms with Gasteiger partial charge in [0.25, 0.3) is 5.91 Å². The number of rotatable bonds is 7. The Morgan fingerprint density at radius 1 is 1.20 bits per heavy atom. The predicted molar refractivity (Wildman–Crippen MR) is 157 cm³/mol. The second-order valence-corrected chi connectivity index (χ2v) is 12.2. The maximum atomic E-state index is 13.3. The molecule has 2 N–H and O–H groups in total. The van der Waals surface area contributed by atoms with E-state index in [9.17, 15) is 9.59 Å². The minimum Gasteiger partial charge on any atom is -0.351 e. The van der Waals surface area contributed by atoms with Gasteiger partial charge in [0.2, 0.25) is 5.82 Å². The van der Waals surface area contributed by atoms with Gasteiger partial charge in [0.1, 0.15) is 5.69 Å². The van der Waals surface area contributed by atoms with Crippen molar-refractivity contribution < 1.29 is 9.32 Å². The molecule has 0 aromatic carbocycles. The molecule has 2 aliphatic rings. The van der Waals surface area contributed by atoms with Crippen LogP contribution in [0, 0.1) is 11.8 Å². The summed E-state index contributed by atoms with van der Waals surface area (Å²) in [7, 11) is 2.12. The second-order valence-electron chi connectivity index (χ2n) is 11.8. The van der Waals surface area contributed by atoms with Crippen molar-refractivity contribution >= 4 is 34.5 Å². The van der Waals surface area contributed by atoms with E-state index >= 15 is 0 Å². The first-order valence-electron chi connectivity index (χ1n) is 14.5. The number of likely N-dealkylation sites (N-methyl/N-ethyl adjacent to an activating group) is 2. The molecule has 1 unspecified atom stereocenters. The number of aromatic nitrogens is 6. The zero-order chi connectivity index (χ0) is 28.7. The number of halogens is 1. The molecule has 216 valence electrons. The summed E-state index contributed by atoms with van der Waals surface area (Å²) < 4.78 is 7.49. The Labute approximate surface area is 242 Å². The summed E-state index contributed by atoms with van der Waals surface area (Å²) in [6.07, 6.45) is 9.72. The average Bonchev–Trinajstić information content (AvgIpc) is 3.67. The Morgan fingerprint density at radius 3 is 2.71 bits per heavy atom. The first kappa shape index (κ1) is 27.6. The highest BCUT2D eigenvalue weighted by molar-refractivity contribution is 6.30. The van der Waals surface area contributed by atoms with Crippen molar-refractivity contribution in [2.45, 2.75) is 65.0 Å². The summed E-state index contributed by atoms with van der Waals surface area (Å²) in [5.74, 6) is 1.67. The van der Waals surface area contributed by atoms with Gasteiger partial charge >= 0.3 is 11.7 Å². The third-order valence-electron chi connectivity index (χ3n) is 8.84. The first-order chi connectivity index (χ1) is 19.8. The number of H-pyrrole nitrogens is 1. The Balaban J connectivity index is 1.60. The van der Waals surface area contributed by atoms with Gasteiger partial charge in [-0.1, -0.05) is 36.5 Å². The molecule has 1 amide bonds. The lowest BCUT2D eigenvalue weighted by Gasteiger charge is -2.34. The van der Waals surface area contributed by atoms with E-state index in [0.29, 0.717) is 38.9 Å². The fourth-order valence-electron chi connectivity index (χ4n) is 6.66. The average molecular weight is 580 g/mol. The third-order valence-corrected chi connectivity index (χ3v) is 9.05. The second kappa shape index (κ2) is 11.0. The summed E-state index contributed by atoms with van der Waals surface area (Å²) in [6.45, 7) is 6.44. The van der Waals surface area contributed by atoms with Crippen molar-refractivity contribution in [3.63, 3.8) is 0 Å². The highest BCUT2D eigenvalue weighted by atomic mass is 35.5. The number of hydrogen-bond acceptors (Lipinski definition) is 7. The van der Waals surface area contributed by atoms with E-state index in [4.69, 9.17) is 26.1 Å². The number of aromatic amines is 1. The fourth-order valence-corrected chi connectivity index (χ4v) is 6.83. The molecule has 1 aliphatic heterocycles. The van der Waals surface area contributed by atoms with Gasteiger partial charge < -0.3 is 5.32 Å². The van der Waals surface area contributed by atoms with Crippen LogP contribution in [0.1, 0.15) is 52.4 Å². The Bertz CT molecular complexity index is 1640. The van der Waals surface area contributed by atoms with Gasteiger partial charge in [-0.25, -0.2) is 9.78 Å². The summed E-state index contributed by atoms with van der Waals surface area (Å²) in [5.41, 5.74) is 3.35. The van der Waals surface area contributed by atoms with Gasteiger partial charge in [-0.2, -0.15) is 4.98 Å². The van der Waals surface area contributed by atoms with E-state index in [1.807, 2.05) is 19.1 Å². The summed E-state index contributed by atoms with van der Waals surface area (Å²) in [6, 6.07) is 3.42. The number of carbonyl (C=O) groups is 1. The van der Waals surface area contributed by atoms with E-state index in [1.165, 1.54) is 12.8 Å². The van der Waals surface area contributed by atoms with Gasteiger partial charge in [-0.15, -0.1) is 0 Å². The summed E-state index contributed by atoms with van der Waals surface area (Å²) >= 11 is 6.39. The van der Waals surface area contributed by atoms with Crippen LogP contribution in [0.15, 0.2) is 33.8 Å². The number of imidazole rings is 1. The Kier molecular flexibility index (Phi) is 7.41. The van der Waals surface area contributed by atoms with Crippen molar-refractivity contribution in [1.29, 1.82) is 0 Å². The van der Waals surface area contributed by atoms with Crippen LogP contribution in [0.4, 0.5) is 5.95 Å². The zero-order valence-electron chi connectivity index (χ0n) is 23.7. The van der Waals surface area contributed by atoms with Crippen LogP contribution in [0.2, 0.25) is 5.02 Å². The van der Waals surface area contributed by atoms with Crippen LogP contribution in [0.3, 0.4) is 0 Å². The molecule has 41 heavy (non-hydrogen) atoms. The molecule has 4 aromatic rings. The normalized spacial score (nSPS) is 24.6. The maximum absolute atomic E-state index is 13.3. The molecule has 0 bridgehead atoms. The van der Waals surface area contributed by atoms with E-state index in [0.717, 1.165) is 61.7 Å². The molecule has 0 spiro atoms. The number of quaternary nitrogens is 1. The van der Waals surface area contributed by atoms with Crippen LogP contribution in [0.5, 0.6) is 0 Å². The minimum atomic E-state index is -0.662. The standard InChI is InChI=1S/C29H35ClN8O3/c1-4-32-27(39)23-6-5-11-38(23,3)28-34-21-13-22(26-35-29(40)41-36-26)33-24(19-12-20(30)15-31-14-19)25(21)37(28)16-18-9-7-17(2)8-10-18/h12-15,17-18,23H,4-11,16H2,1-3H3,(H-,32,35,36,39,40)/p+1/t17-,18-,23-,38?/m1/s1. The molecule has 1 aliphatic carbocycles. The third kappa shape index (κ3) is 5.17. The molecule has 11 nitrogen and oxygen atoms in total. The maximum Gasteiger partial charge on any atom is 0.439 e. The molecule has 1 saturated carbocycles.